The second kappa shape index (κ2) is 7.13. The Bertz CT molecular complexity index is 683. The van der Waals surface area contributed by atoms with E-state index < -0.39 is 5.91 Å². The zero-order chi connectivity index (χ0) is 16.1. The van der Waals surface area contributed by atoms with Crippen molar-refractivity contribution in [2.45, 2.75) is 24.0 Å². The summed E-state index contributed by atoms with van der Waals surface area (Å²) < 4.78 is 0. The van der Waals surface area contributed by atoms with Crippen molar-refractivity contribution in [3.63, 3.8) is 0 Å². The summed E-state index contributed by atoms with van der Waals surface area (Å²) >= 11 is 1.47. The molecule has 3 N–H and O–H groups in total. The molecule has 5 heteroatoms. The van der Waals surface area contributed by atoms with Gasteiger partial charge in [-0.15, -0.1) is 11.8 Å². The van der Waals surface area contributed by atoms with E-state index in [1.807, 2.05) is 38.1 Å². The fourth-order valence-corrected chi connectivity index (χ4v) is 2.78. The summed E-state index contributed by atoms with van der Waals surface area (Å²) in [7, 11) is 0. The number of nitrogens with one attached hydrogen (secondary N) is 1. The maximum atomic E-state index is 12.3. The van der Waals surface area contributed by atoms with E-state index in [1.54, 1.807) is 24.3 Å². The highest BCUT2D eigenvalue weighted by molar-refractivity contribution is 8.00. The van der Waals surface area contributed by atoms with Gasteiger partial charge in [-0.3, -0.25) is 9.59 Å². The predicted molar refractivity (Wildman–Crippen MR) is 90.1 cm³/mol. The third-order valence-electron chi connectivity index (χ3n) is 3.15. The number of hydrogen-bond donors (Lipinski definition) is 2. The quantitative estimate of drug-likeness (QED) is 0.832. The van der Waals surface area contributed by atoms with Crippen LogP contribution < -0.4 is 11.1 Å². The minimum absolute atomic E-state index is 0.167. The maximum absolute atomic E-state index is 12.3. The molecular formula is C17H18N2O2S. The molecule has 2 rings (SSSR count). The molecule has 114 valence electrons. The second-order valence-corrected chi connectivity index (χ2v) is 6.39. The fourth-order valence-electron chi connectivity index (χ4n) is 1.92. The van der Waals surface area contributed by atoms with Crippen LogP contribution in [0.4, 0.5) is 5.69 Å². The van der Waals surface area contributed by atoms with Crippen LogP contribution >= 0.6 is 11.8 Å². The molecule has 0 aliphatic heterocycles. The fraction of sp³-hybridized carbons (Fsp3) is 0.176. The van der Waals surface area contributed by atoms with Crippen LogP contribution in [-0.4, -0.2) is 17.1 Å². The summed E-state index contributed by atoms with van der Waals surface area (Å²) in [6.45, 7) is 3.85. The van der Waals surface area contributed by atoms with Crippen molar-refractivity contribution in [1.82, 2.24) is 0 Å². The number of carbonyl (C=O) groups is 2. The number of anilines is 1. The standard InChI is InChI=1S/C17H18N2O2S/c1-11-7-9-13(10-8-11)22-12(2)17(21)19-15-6-4-3-5-14(15)16(18)20/h3-10,12H,1-2H3,(H2,18,20)(H,19,21). The van der Waals surface area contributed by atoms with E-state index in [-0.39, 0.29) is 11.2 Å². The van der Waals surface area contributed by atoms with Gasteiger partial charge in [-0.25, -0.2) is 0 Å². The molecule has 0 heterocycles. The smallest absolute Gasteiger partial charge is 0.250 e. The average Bonchev–Trinajstić information content (AvgIpc) is 2.49. The van der Waals surface area contributed by atoms with Crippen LogP contribution in [0.15, 0.2) is 53.4 Å². The third kappa shape index (κ3) is 4.11. The monoisotopic (exact) mass is 314 g/mol. The van der Waals surface area contributed by atoms with Crippen molar-refractivity contribution in [3.05, 3.63) is 59.7 Å². The number of hydrogen-bond acceptors (Lipinski definition) is 3. The summed E-state index contributed by atoms with van der Waals surface area (Å²) in [5.41, 5.74) is 7.24. The van der Waals surface area contributed by atoms with Gasteiger partial charge in [0.2, 0.25) is 5.91 Å². The molecule has 2 aromatic rings. The molecule has 0 saturated heterocycles. The molecule has 2 amide bonds. The zero-order valence-corrected chi connectivity index (χ0v) is 13.3. The Kier molecular flexibility index (Phi) is 5.22. The highest BCUT2D eigenvalue weighted by Gasteiger charge is 2.17. The van der Waals surface area contributed by atoms with E-state index in [0.717, 1.165) is 4.90 Å². The summed E-state index contributed by atoms with van der Waals surface area (Å²) in [5.74, 6) is -0.728. The van der Waals surface area contributed by atoms with Crippen LogP contribution in [0.1, 0.15) is 22.8 Å². The molecular weight excluding hydrogens is 296 g/mol. The van der Waals surface area contributed by atoms with Gasteiger partial charge < -0.3 is 11.1 Å². The molecule has 0 bridgehead atoms. The molecule has 1 unspecified atom stereocenters. The van der Waals surface area contributed by atoms with Crippen LogP contribution in [0, 0.1) is 6.92 Å². The number of primary amides is 1. The number of para-hydroxylation sites is 1. The molecule has 0 spiro atoms. The number of nitrogens with two attached hydrogens (primary N) is 1. The van der Waals surface area contributed by atoms with Gasteiger partial charge in [0.25, 0.3) is 5.91 Å². The Hall–Kier alpha value is -2.27. The summed E-state index contributed by atoms with van der Waals surface area (Å²) in [6.07, 6.45) is 0. The van der Waals surface area contributed by atoms with Gasteiger partial charge in [-0.05, 0) is 38.1 Å². The van der Waals surface area contributed by atoms with Gasteiger partial charge in [0, 0.05) is 4.90 Å². The molecule has 0 radical (unpaired) electrons. The summed E-state index contributed by atoms with van der Waals surface area (Å²) in [6, 6.07) is 14.7. The van der Waals surface area contributed by atoms with E-state index in [1.165, 1.54) is 17.3 Å². The van der Waals surface area contributed by atoms with Crippen LogP contribution in [0.2, 0.25) is 0 Å². The van der Waals surface area contributed by atoms with Crippen molar-refractivity contribution >= 4 is 29.3 Å². The largest absolute Gasteiger partial charge is 0.366 e. The minimum Gasteiger partial charge on any atom is -0.366 e. The topological polar surface area (TPSA) is 72.2 Å². The third-order valence-corrected chi connectivity index (χ3v) is 4.27. The normalized spacial score (nSPS) is 11.7. The van der Waals surface area contributed by atoms with E-state index >= 15 is 0 Å². The van der Waals surface area contributed by atoms with Crippen LogP contribution in [0.3, 0.4) is 0 Å². The van der Waals surface area contributed by atoms with Crippen molar-refractivity contribution in [2.75, 3.05) is 5.32 Å². The molecule has 0 aromatic heterocycles. The first-order valence-corrected chi connectivity index (χ1v) is 7.78. The van der Waals surface area contributed by atoms with Crippen molar-refractivity contribution in [1.29, 1.82) is 0 Å². The Morgan fingerprint density at radius 3 is 2.36 bits per heavy atom. The van der Waals surface area contributed by atoms with Crippen LogP contribution in [0.25, 0.3) is 0 Å². The van der Waals surface area contributed by atoms with Crippen LogP contribution in [0.5, 0.6) is 0 Å². The van der Waals surface area contributed by atoms with Gasteiger partial charge in [-0.1, -0.05) is 29.8 Å². The lowest BCUT2D eigenvalue weighted by atomic mass is 10.1. The highest BCUT2D eigenvalue weighted by atomic mass is 32.2. The molecule has 22 heavy (non-hydrogen) atoms. The highest BCUT2D eigenvalue weighted by Crippen LogP contribution is 2.25. The first kappa shape index (κ1) is 16.1. The van der Waals surface area contributed by atoms with Gasteiger partial charge in [0.15, 0.2) is 0 Å². The average molecular weight is 314 g/mol. The first-order valence-electron chi connectivity index (χ1n) is 6.90. The lowest BCUT2D eigenvalue weighted by Crippen LogP contribution is -2.24. The molecule has 0 aliphatic carbocycles. The Morgan fingerprint density at radius 1 is 1.09 bits per heavy atom. The molecule has 2 aromatic carbocycles. The predicted octanol–water partition coefficient (Wildman–Crippen LogP) is 3.21. The number of rotatable bonds is 5. The first-order chi connectivity index (χ1) is 10.5. The van der Waals surface area contributed by atoms with E-state index in [9.17, 15) is 9.59 Å². The molecule has 0 fully saturated rings. The Morgan fingerprint density at radius 2 is 1.73 bits per heavy atom. The van der Waals surface area contributed by atoms with Gasteiger partial charge >= 0.3 is 0 Å². The van der Waals surface area contributed by atoms with E-state index in [0.29, 0.717) is 11.3 Å². The van der Waals surface area contributed by atoms with Crippen LogP contribution in [-0.2, 0) is 4.79 Å². The van der Waals surface area contributed by atoms with Gasteiger partial charge in [0.05, 0.1) is 16.5 Å². The molecule has 0 saturated carbocycles. The van der Waals surface area contributed by atoms with Gasteiger partial charge in [-0.2, -0.15) is 0 Å². The van der Waals surface area contributed by atoms with E-state index in [4.69, 9.17) is 5.73 Å². The lowest BCUT2D eigenvalue weighted by Gasteiger charge is -2.13. The number of benzene rings is 2. The number of thioether (sulfide) groups is 1. The van der Waals surface area contributed by atoms with Crippen molar-refractivity contribution < 1.29 is 9.59 Å². The molecule has 1 atom stereocenters. The minimum atomic E-state index is -0.560. The number of carbonyl (C=O) groups excluding carboxylic acids is 2. The second-order valence-electron chi connectivity index (χ2n) is 4.97. The Balaban J connectivity index is 2.05. The summed E-state index contributed by atoms with van der Waals surface area (Å²) in [5, 5.41) is 2.47. The zero-order valence-electron chi connectivity index (χ0n) is 12.5. The molecule has 4 nitrogen and oxygen atoms in total. The lowest BCUT2D eigenvalue weighted by molar-refractivity contribution is -0.115. The van der Waals surface area contributed by atoms with E-state index in [2.05, 4.69) is 5.32 Å². The van der Waals surface area contributed by atoms with Crippen molar-refractivity contribution in [3.8, 4) is 0 Å². The SMILES string of the molecule is Cc1ccc(SC(C)C(=O)Nc2ccccc2C(N)=O)cc1. The molecule has 0 aliphatic rings. The number of aryl methyl sites for hydroxylation is 1. The van der Waals surface area contributed by atoms with Crippen molar-refractivity contribution in [2.24, 2.45) is 5.73 Å². The van der Waals surface area contributed by atoms with Gasteiger partial charge in [0.1, 0.15) is 0 Å². The number of amides is 2. The Labute approximate surface area is 134 Å². The maximum Gasteiger partial charge on any atom is 0.250 e. The summed E-state index contributed by atoms with van der Waals surface area (Å²) in [4.78, 5) is 24.7.